The summed E-state index contributed by atoms with van der Waals surface area (Å²) in [5.41, 5.74) is 13.5. The molecule has 0 radical (unpaired) electrons. The molecular formula is C23H24. The highest BCUT2D eigenvalue weighted by molar-refractivity contribution is 5.87. The van der Waals surface area contributed by atoms with Crippen molar-refractivity contribution in [3.8, 4) is 11.1 Å². The highest BCUT2D eigenvalue weighted by atomic mass is 14.3. The standard InChI is InChI=1S/C23H24/c1-4-16-10-11-20-18(13-16)14-22-21(20)12-15(3)19(5-2)23(22)17-8-6-7-9-17/h6-8,10-13H,4-5,9,14H2,1-3H3. The maximum absolute atomic E-state index is 2.43. The predicted octanol–water partition coefficient (Wildman–Crippen LogP) is 6.03. The van der Waals surface area contributed by atoms with Gasteiger partial charge in [0.1, 0.15) is 0 Å². The minimum Gasteiger partial charge on any atom is -0.0801 e. The maximum atomic E-state index is 2.43. The van der Waals surface area contributed by atoms with E-state index in [1.165, 1.54) is 33.4 Å². The Bertz CT molecular complexity index is 847. The van der Waals surface area contributed by atoms with E-state index >= 15 is 0 Å². The summed E-state index contributed by atoms with van der Waals surface area (Å²) in [6, 6.07) is 9.49. The van der Waals surface area contributed by atoms with Gasteiger partial charge in [0.15, 0.2) is 0 Å². The number of hydrogen-bond acceptors (Lipinski definition) is 0. The minimum atomic E-state index is 1.08. The zero-order valence-corrected chi connectivity index (χ0v) is 14.4. The lowest BCUT2D eigenvalue weighted by Gasteiger charge is -2.18. The lowest BCUT2D eigenvalue weighted by atomic mass is 9.86. The molecule has 0 saturated heterocycles. The van der Waals surface area contributed by atoms with Gasteiger partial charge in [0.05, 0.1) is 0 Å². The number of fused-ring (bicyclic) bond motifs is 3. The van der Waals surface area contributed by atoms with Gasteiger partial charge in [-0.3, -0.25) is 0 Å². The molecule has 0 spiro atoms. The number of hydrogen-bond donors (Lipinski definition) is 0. The Morgan fingerprint density at radius 3 is 2.57 bits per heavy atom. The predicted molar refractivity (Wildman–Crippen MR) is 99.9 cm³/mol. The number of benzene rings is 2. The molecule has 0 heteroatoms. The van der Waals surface area contributed by atoms with Crippen molar-refractivity contribution < 1.29 is 0 Å². The second-order valence-electron chi connectivity index (χ2n) is 6.77. The first-order valence-corrected chi connectivity index (χ1v) is 8.86. The molecule has 2 aliphatic rings. The van der Waals surface area contributed by atoms with E-state index < -0.39 is 0 Å². The second kappa shape index (κ2) is 5.53. The van der Waals surface area contributed by atoms with Crippen LogP contribution in [0.3, 0.4) is 0 Å². The molecule has 0 unspecified atom stereocenters. The van der Waals surface area contributed by atoms with Crippen molar-refractivity contribution in [2.24, 2.45) is 0 Å². The maximum Gasteiger partial charge on any atom is -0.000719 e. The molecule has 0 nitrogen and oxygen atoms in total. The van der Waals surface area contributed by atoms with E-state index in [1.807, 2.05) is 0 Å². The van der Waals surface area contributed by atoms with Crippen molar-refractivity contribution in [3.05, 3.63) is 75.9 Å². The molecule has 0 bridgehead atoms. The number of allylic oxidation sites excluding steroid dienone is 4. The smallest absolute Gasteiger partial charge is 0.000719 e. The number of rotatable bonds is 3. The number of aryl methyl sites for hydroxylation is 2. The molecule has 0 amide bonds. The topological polar surface area (TPSA) is 0 Å². The molecule has 2 aromatic carbocycles. The summed E-state index contributed by atoms with van der Waals surface area (Å²) in [7, 11) is 0. The normalized spacial score (nSPS) is 14.8. The van der Waals surface area contributed by atoms with Gasteiger partial charge in [0.2, 0.25) is 0 Å². The van der Waals surface area contributed by atoms with E-state index in [0.717, 1.165) is 25.7 Å². The fourth-order valence-electron chi connectivity index (χ4n) is 4.27. The lowest BCUT2D eigenvalue weighted by molar-refractivity contribution is 1.07. The third kappa shape index (κ3) is 2.20. The van der Waals surface area contributed by atoms with E-state index in [9.17, 15) is 0 Å². The fourth-order valence-corrected chi connectivity index (χ4v) is 4.27. The first kappa shape index (κ1) is 14.5. The van der Waals surface area contributed by atoms with Crippen LogP contribution in [-0.2, 0) is 19.3 Å². The van der Waals surface area contributed by atoms with Crippen molar-refractivity contribution >= 4 is 5.57 Å². The highest BCUT2D eigenvalue weighted by Crippen LogP contribution is 2.44. The Morgan fingerprint density at radius 2 is 1.87 bits per heavy atom. The molecule has 4 rings (SSSR count). The summed E-state index contributed by atoms with van der Waals surface area (Å²) in [5, 5.41) is 0. The zero-order valence-electron chi connectivity index (χ0n) is 14.4. The molecule has 0 aliphatic heterocycles. The molecule has 0 fully saturated rings. The van der Waals surface area contributed by atoms with Gasteiger partial charge < -0.3 is 0 Å². The van der Waals surface area contributed by atoms with Crippen LogP contribution in [0.2, 0.25) is 0 Å². The zero-order chi connectivity index (χ0) is 16.0. The van der Waals surface area contributed by atoms with Gasteiger partial charge in [-0.05, 0) is 82.7 Å². The fraction of sp³-hybridized carbons (Fsp3) is 0.304. The Kier molecular flexibility index (Phi) is 3.49. The molecule has 0 atom stereocenters. The molecule has 2 aliphatic carbocycles. The quantitative estimate of drug-likeness (QED) is 0.553. The Labute approximate surface area is 139 Å². The van der Waals surface area contributed by atoms with Gasteiger partial charge in [0.25, 0.3) is 0 Å². The minimum absolute atomic E-state index is 1.08. The van der Waals surface area contributed by atoms with Gasteiger partial charge in [0, 0.05) is 0 Å². The van der Waals surface area contributed by atoms with Crippen LogP contribution in [0, 0.1) is 6.92 Å². The van der Waals surface area contributed by atoms with Gasteiger partial charge in [-0.2, -0.15) is 0 Å². The summed E-state index contributed by atoms with van der Waals surface area (Å²) in [6.07, 6.45) is 11.2. The van der Waals surface area contributed by atoms with Crippen LogP contribution in [0.25, 0.3) is 16.7 Å². The van der Waals surface area contributed by atoms with Crippen LogP contribution in [-0.4, -0.2) is 0 Å². The summed E-state index contributed by atoms with van der Waals surface area (Å²) in [6.45, 7) is 6.81. The van der Waals surface area contributed by atoms with Crippen molar-refractivity contribution in [2.75, 3.05) is 0 Å². The molecule has 2 aromatic rings. The van der Waals surface area contributed by atoms with Crippen LogP contribution >= 0.6 is 0 Å². The highest BCUT2D eigenvalue weighted by Gasteiger charge is 2.25. The molecule has 0 heterocycles. The van der Waals surface area contributed by atoms with Gasteiger partial charge in [-0.15, -0.1) is 0 Å². The van der Waals surface area contributed by atoms with Crippen molar-refractivity contribution in [2.45, 2.75) is 46.5 Å². The average Bonchev–Trinajstić information content (AvgIpc) is 3.20. The van der Waals surface area contributed by atoms with E-state index in [1.54, 1.807) is 16.7 Å². The van der Waals surface area contributed by atoms with E-state index in [-0.39, 0.29) is 0 Å². The van der Waals surface area contributed by atoms with E-state index in [2.05, 4.69) is 63.3 Å². The Morgan fingerprint density at radius 1 is 1.00 bits per heavy atom. The molecule has 23 heavy (non-hydrogen) atoms. The molecule has 0 saturated carbocycles. The molecule has 0 N–H and O–H groups in total. The monoisotopic (exact) mass is 300 g/mol. The SMILES string of the molecule is CCc1ccc2c(c1)Cc1c-2cc(C)c(CC)c1C1=CC=CC1. The third-order valence-electron chi connectivity index (χ3n) is 5.45. The van der Waals surface area contributed by atoms with Gasteiger partial charge in [-0.25, -0.2) is 0 Å². The van der Waals surface area contributed by atoms with Crippen LogP contribution in [0.15, 0.2) is 42.5 Å². The van der Waals surface area contributed by atoms with Crippen LogP contribution < -0.4 is 0 Å². The average molecular weight is 300 g/mol. The van der Waals surface area contributed by atoms with Crippen molar-refractivity contribution in [3.63, 3.8) is 0 Å². The second-order valence-corrected chi connectivity index (χ2v) is 6.77. The lowest BCUT2D eigenvalue weighted by Crippen LogP contribution is -2.01. The third-order valence-corrected chi connectivity index (χ3v) is 5.45. The van der Waals surface area contributed by atoms with Crippen molar-refractivity contribution in [1.82, 2.24) is 0 Å². The largest absolute Gasteiger partial charge is 0.0801 e. The summed E-state index contributed by atoms with van der Waals surface area (Å²) >= 11 is 0. The van der Waals surface area contributed by atoms with E-state index in [0.29, 0.717) is 0 Å². The van der Waals surface area contributed by atoms with Gasteiger partial charge >= 0.3 is 0 Å². The van der Waals surface area contributed by atoms with E-state index in [4.69, 9.17) is 0 Å². The molecular weight excluding hydrogens is 276 g/mol. The molecule has 0 aromatic heterocycles. The first-order valence-electron chi connectivity index (χ1n) is 8.86. The van der Waals surface area contributed by atoms with Crippen molar-refractivity contribution in [1.29, 1.82) is 0 Å². The first-order chi connectivity index (χ1) is 11.2. The van der Waals surface area contributed by atoms with Crippen LogP contribution in [0.5, 0.6) is 0 Å². The Balaban J connectivity index is 1.95. The summed E-state index contributed by atoms with van der Waals surface area (Å²) < 4.78 is 0. The summed E-state index contributed by atoms with van der Waals surface area (Å²) in [5.74, 6) is 0. The summed E-state index contributed by atoms with van der Waals surface area (Å²) in [4.78, 5) is 0. The molecule has 116 valence electrons. The van der Waals surface area contributed by atoms with Crippen LogP contribution in [0.1, 0.15) is 53.6 Å². The van der Waals surface area contributed by atoms with Gasteiger partial charge in [-0.1, -0.05) is 56.3 Å². The Hall–Kier alpha value is -2.08. The van der Waals surface area contributed by atoms with Crippen LogP contribution in [0.4, 0.5) is 0 Å².